The molecule has 0 aliphatic carbocycles. The average molecular weight is 259 g/mol. The summed E-state index contributed by atoms with van der Waals surface area (Å²) in [5, 5.41) is 4.64. The van der Waals surface area contributed by atoms with Crippen LogP contribution in [-0.4, -0.2) is 33.7 Å². The topological polar surface area (TPSA) is 55.2 Å². The Labute approximate surface area is 111 Å². The van der Waals surface area contributed by atoms with Crippen molar-refractivity contribution in [3.8, 4) is 0 Å². The van der Waals surface area contributed by atoms with Crippen molar-refractivity contribution in [1.82, 2.24) is 14.7 Å². The molecule has 0 radical (unpaired) electrons. The second kappa shape index (κ2) is 5.65. The van der Waals surface area contributed by atoms with Crippen molar-refractivity contribution >= 4 is 16.8 Å². The van der Waals surface area contributed by atoms with E-state index in [4.69, 9.17) is 0 Å². The maximum absolute atomic E-state index is 12.1. The van der Waals surface area contributed by atoms with Gasteiger partial charge in [0.25, 0.3) is 0 Å². The maximum atomic E-state index is 12.1. The number of para-hydroxylation sites is 1. The molecule has 1 heterocycles. The van der Waals surface area contributed by atoms with Crippen LogP contribution < -0.4 is 5.43 Å². The highest BCUT2D eigenvalue weighted by Gasteiger charge is 2.12. The number of aromatic nitrogens is 2. The van der Waals surface area contributed by atoms with Gasteiger partial charge >= 0.3 is 0 Å². The van der Waals surface area contributed by atoms with Crippen molar-refractivity contribution < 1.29 is 4.79 Å². The van der Waals surface area contributed by atoms with Crippen molar-refractivity contribution in [2.24, 2.45) is 0 Å². The molecule has 0 spiro atoms. The Kier molecular flexibility index (Phi) is 3.94. The van der Waals surface area contributed by atoms with Crippen molar-refractivity contribution in [1.29, 1.82) is 0 Å². The number of carbonyl (C=O) groups is 1. The van der Waals surface area contributed by atoms with Crippen molar-refractivity contribution in [3.63, 3.8) is 0 Å². The number of fused-ring (bicyclic) bond motifs is 1. The highest BCUT2D eigenvalue weighted by molar-refractivity contribution is 5.81. The van der Waals surface area contributed by atoms with Crippen LogP contribution in [0, 0.1) is 0 Å². The van der Waals surface area contributed by atoms with Crippen LogP contribution in [0.3, 0.4) is 0 Å². The monoisotopic (exact) mass is 259 g/mol. The third-order valence-electron chi connectivity index (χ3n) is 3.16. The first-order valence-electron chi connectivity index (χ1n) is 6.40. The zero-order valence-corrected chi connectivity index (χ0v) is 11.2. The van der Waals surface area contributed by atoms with E-state index >= 15 is 0 Å². The maximum Gasteiger partial charge on any atom is 0.244 e. The molecule has 0 atom stereocenters. The Hall–Kier alpha value is -2.17. The molecule has 0 saturated carbocycles. The summed E-state index contributed by atoms with van der Waals surface area (Å²) in [6, 6.07) is 7.19. The number of benzene rings is 1. The lowest BCUT2D eigenvalue weighted by molar-refractivity contribution is -0.131. The summed E-state index contributed by atoms with van der Waals surface area (Å²) in [7, 11) is 0. The first kappa shape index (κ1) is 13.3. The minimum absolute atomic E-state index is 0.00584. The van der Waals surface area contributed by atoms with Crippen LogP contribution in [0.2, 0.25) is 0 Å². The fourth-order valence-electron chi connectivity index (χ4n) is 2.09. The molecule has 1 amide bonds. The number of nitrogens with zero attached hydrogens (tertiary/aromatic N) is 3. The van der Waals surface area contributed by atoms with Gasteiger partial charge in [-0.25, -0.2) is 0 Å². The summed E-state index contributed by atoms with van der Waals surface area (Å²) in [6.45, 7) is 5.39. The minimum Gasteiger partial charge on any atom is -0.342 e. The van der Waals surface area contributed by atoms with E-state index in [9.17, 15) is 9.59 Å². The standard InChI is InChI=1S/C14H17N3O2/c1-3-16(4-2)14(19)10-17-12-8-6-5-7-11(12)13(18)9-15-17/h5-9H,3-4,10H2,1-2H3. The van der Waals surface area contributed by atoms with Gasteiger partial charge in [0.2, 0.25) is 11.3 Å². The summed E-state index contributed by atoms with van der Waals surface area (Å²) in [6.07, 6.45) is 1.26. The fraction of sp³-hybridized carbons (Fsp3) is 0.357. The molecule has 0 unspecified atom stereocenters. The van der Waals surface area contributed by atoms with Gasteiger partial charge in [-0.1, -0.05) is 12.1 Å². The molecule has 0 bridgehead atoms. The van der Waals surface area contributed by atoms with E-state index in [0.717, 1.165) is 0 Å². The van der Waals surface area contributed by atoms with Crippen molar-refractivity contribution in [2.45, 2.75) is 20.4 Å². The molecule has 0 N–H and O–H groups in total. The van der Waals surface area contributed by atoms with E-state index in [1.165, 1.54) is 6.20 Å². The lowest BCUT2D eigenvalue weighted by atomic mass is 10.2. The zero-order valence-electron chi connectivity index (χ0n) is 11.2. The van der Waals surface area contributed by atoms with Gasteiger partial charge in [0.15, 0.2) is 0 Å². The molecule has 0 aliphatic heterocycles. The highest BCUT2D eigenvalue weighted by Crippen LogP contribution is 2.08. The lowest BCUT2D eigenvalue weighted by Crippen LogP contribution is -2.34. The highest BCUT2D eigenvalue weighted by atomic mass is 16.2. The second-order valence-electron chi connectivity index (χ2n) is 4.25. The predicted molar refractivity (Wildman–Crippen MR) is 73.9 cm³/mol. The van der Waals surface area contributed by atoms with Gasteiger partial charge in [0, 0.05) is 18.5 Å². The average Bonchev–Trinajstić information content (AvgIpc) is 2.44. The van der Waals surface area contributed by atoms with Gasteiger partial charge in [-0.15, -0.1) is 0 Å². The Bertz CT molecular complexity index is 644. The van der Waals surface area contributed by atoms with E-state index in [1.807, 2.05) is 19.9 Å². The number of likely N-dealkylation sites (N-methyl/N-ethyl adjacent to an activating group) is 1. The molecule has 2 rings (SSSR count). The van der Waals surface area contributed by atoms with Gasteiger partial charge in [0.05, 0.1) is 11.7 Å². The van der Waals surface area contributed by atoms with Crippen LogP contribution in [0.25, 0.3) is 10.9 Å². The molecule has 2 aromatic rings. The molecule has 19 heavy (non-hydrogen) atoms. The smallest absolute Gasteiger partial charge is 0.244 e. The number of rotatable bonds is 4. The quantitative estimate of drug-likeness (QED) is 0.830. The molecular formula is C14H17N3O2. The van der Waals surface area contributed by atoms with Gasteiger partial charge in [-0.3, -0.25) is 14.3 Å². The van der Waals surface area contributed by atoms with Crippen LogP contribution in [0.1, 0.15) is 13.8 Å². The Morgan fingerprint density at radius 2 is 1.95 bits per heavy atom. The molecule has 5 nitrogen and oxygen atoms in total. The van der Waals surface area contributed by atoms with Gasteiger partial charge in [-0.05, 0) is 26.0 Å². The van der Waals surface area contributed by atoms with Gasteiger partial charge in [0.1, 0.15) is 6.54 Å². The number of carbonyl (C=O) groups excluding carboxylic acids is 1. The summed E-state index contributed by atoms with van der Waals surface area (Å²) in [5.41, 5.74) is 0.567. The van der Waals surface area contributed by atoms with E-state index in [1.54, 1.807) is 27.8 Å². The SMILES string of the molecule is CCN(CC)C(=O)Cn1ncc(=O)c2ccccc21. The van der Waals surface area contributed by atoms with Crippen LogP contribution in [0.15, 0.2) is 35.3 Å². The molecule has 0 aliphatic rings. The van der Waals surface area contributed by atoms with Gasteiger partial charge < -0.3 is 4.90 Å². The van der Waals surface area contributed by atoms with E-state index < -0.39 is 0 Å². The molecule has 100 valence electrons. The first-order valence-corrected chi connectivity index (χ1v) is 6.40. The third-order valence-corrected chi connectivity index (χ3v) is 3.16. The molecule has 1 aromatic heterocycles. The normalized spacial score (nSPS) is 10.6. The number of hydrogen-bond acceptors (Lipinski definition) is 3. The van der Waals surface area contributed by atoms with Crippen molar-refractivity contribution in [2.75, 3.05) is 13.1 Å². The van der Waals surface area contributed by atoms with Crippen molar-refractivity contribution in [3.05, 3.63) is 40.7 Å². The fourth-order valence-corrected chi connectivity index (χ4v) is 2.09. The summed E-state index contributed by atoms with van der Waals surface area (Å²) in [4.78, 5) is 25.5. The Morgan fingerprint density at radius 3 is 2.63 bits per heavy atom. The van der Waals surface area contributed by atoms with Gasteiger partial charge in [-0.2, -0.15) is 5.10 Å². The molecule has 0 fully saturated rings. The van der Waals surface area contributed by atoms with E-state index in [0.29, 0.717) is 24.0 Å². The van der Waals surface area contributed by atoms with Crippen LogP contribution in [-0.2, 0) is 11.3 Å². The Morgan fingerprint density at radius 1 is 1.26 bits per heavy atom. The molecule has 0 saturated heterocycles. The predicted octanol–water partition coefficient (Wildman–Crippen LogP) is 1.26. The Balaban J connectivity index is 2.39. The molecule has 5 heteroatoms. The summed E-state index contributed by atoms with van der Waals surface area (Å²) in [5.74, 6) is 0.00584. The second-order valence-corrected chi connectivity index (χ2v) is 4.25. The minimum atomic E-state index is -0.123. The summed E-state index contributed by atoms with van der Waals surface area (Å²) >= 11 is 0. The number of amides is 1. The van der Waals surface area contributed by atoms with E-state index in [-0.39, 0.29) is 17.9 Å². The van der Waals surface area contributed by atoms with E-state index in [2.05, 4.69) is 5.10 Å². The third kappa shape index (κ3) is 2.65. The lowest BCUT2D eigenvalue weighted by Gasteiger charge is -2.19. The number of hydrogen-bond donors (Lipinski definition) is 0. The van der Waals surface area contributed by atoms with Crippen LogP contribution >= 0.6 is 0 Å². The largest absolute Gasteiger partial charge is 0.342 e. The zero-order chi connectivity index (χ0) is 13.8. The van der Waals surface area contributed by atoms with Crippen LogP contribution in [0.5, 0.6) is 0 Å². The van der Waals surface area contributed by atoms with Crippen LogP contribution in [0.4, 0.5) is 0 Å². The molecule has 1 aromatic carbocycles. The summed E-state index contributed by atoms with van der Waals surface area (Å²) < 4.78 is 1.58. The first-order chi connectivity index (χ1) is 9.17. The molecular weight excluding hydrogens is 242 g/mol.